The average Bonchev–Trinajstić information content (AvgIpc) is 2.86. The molecule has 1 aliphatic heterocycles. The number of methoxy groups -OCH3 is 1. The lowest BCUT2D eigenvalue weighted by Gasteiger charge is -2.15. The van der Waals surface area contributed by atoms with Gasteiger partial charge in [0.05, 0.1) is 17.7 Å². The highest BCUT2D eigenvalue weighted by molar-refractivity contribution is 8.27. The third-order valence-corrected chi connectivity index (χ3v) is 5.45. The zero-order valence-corrected chi connectivity index (χ0v) is 15.8. The molecule has 0 aromatic heterocycles. The van der Waals surface area contributed by atoms with Gasteiger partial charge in [-0.3, -0.25) is 9.69 Å². The Morgan fingerprint density at radius 2 is 2.08 bits per heavy atom. The number of phenolic OH excluding ortho intramolecular Hbond substituents is 1. The number of carbonyl (C=O) groups excluding carboxylic acids is 1. The normalized spacial score (nSPS) is 16.0. The van der Waals surface area contributed by atoms with E-state index < -0.39 is 0 Å². The highest BCUT2D eigenvalue weighted by atomic mass is 35.5. The lowest BCUT2D eigenvalue weighted by Crippen LogP contribution is -2.27. The Morgan fingerprint density at radius 1 is 1.32 bits per heavy atom. The van der Waals surface area contributed by atoms with Crippen LogP contribution in [-0.4, -0.2) is 22.4 Å². The van der Waals surface area contributed by atoms with Gasteiger partial charge in [0.15, 0.2) is 15.8 Å². The monoisotopic (exact) mass is 391 g/mol. The molecule has 128 valence electrons. The first-order valence-electron chi connectivity index (χ1n) is 7.32. The topological polar surface area (TPSA) is 49.8 Å². The van der Waals surface area contributed by atoms with Crippen molar-refractivity contribution in [1.29, 1.82) is 0 Å². The molecular weight excluding hydrogens is 378 g/mol. The summed E-state index contributed by atoms with van der Waals surface area (Å²) >= 11 is 12.7. The van der Waals surface area contributed by atoms with Gasteiger partial charge in [0.1, 0.15) is 0 Å². The minimum atomic E-state index is -0.253. The molecule has 1 heterocycles. The second-order valence-corrected chi connectivity index (χ2v) is 7.43. The van der Waals surface area contributed by atoms with Crippen molar-refractivity contribution in [3.63, 3.8) is 0 Å². The molecule has 0 unspecified atom stereocenters. The van der Waals surface area contributed by atoms with Gasteiger partial charge in [0.2, 0.25) is 0 Å². The first-order valence-corrected chi connectivity index (χ1v) is 8.92. The largest absolute Gasteiger partial charge is 0.504 e. The van der Waals surface area contributed by atoms with Gasteiger partial charge >= 0.3 is 0 Å². The van der Waals surface area contributed by atoms with Crippen molar-refractivity contribution in [3.05, 3.63) is 57.5 Å². The zero-order valence-electron chi connectivity index (χ0n) is 13.4. The van der Waals surface area contributed by atoms with Gasteiger partial charge in [0.25, 0.3) is 5.91 Å². The van der Waals surface area contributed by atoms with E-state index in [0.717, 1.165) is 5.56 Å². The molecule has 25 heavy (non-hydrogen) atoms. The number of rotatable bonds is 3. The second kappa shape index (κ2) is 7.07. The molecule has 1 N–H and O–H groups in total. The third kappa shape index (κ3) is 3.38. The Labute approximate surface area is 160 Å². The minimum absolute atomic E-state index is 0.0198. The first kappa shape index (κ1) is 17.8. The fourth-order valence-corrected chi connectivity index (χ4v) is 3.84. The molecule has 0 atom stereocenters. The summed E-state index contributed by atoms with van der Waals surface area (Å²) in [5, 5.41) is 10.8. The van der Waals surface area contributed by atoms with Crippen LogP contribution in [-0.2, 0) is 4.79 Å². The van der Waals surface area contributed by atoms with Crippen LogP contribution in [0.5, 0.6) is 11.5 Å². The van der Waals surface area contributed by atoms with Crippen LogP contribution in [0.4, 0.5) is 5.69 Å². The number of amides is 1. The van der Waals surface area contributed by atoms with E-state index in [0.29, 0.717) is 31.2 Å². The zero-order chi connectivity index (χ0) is 18.1. The number of para-hydroxylation sites is 1. The van der Waals surface area contributed by atoms with Gasteiger partial charge in [-0.1, -0.05) is 53.8 Å². The predicted octanol–water partition coefficient (Wildman–Crippen LogP) is 4.77. The van der Waals surface area contributed by atoms with Crippen molar-refractivity contribution in [2.75, 3.05) is 12.0 Å². The molecule has 0 bridgehead atoms. The summed E-state index contributed by atoms with van der Waals surface area (Å²) in [6, 6.07) is 10.4. The lowest BCUT2D eigenvalue weighted by atomic mass is 10.1. The van der Waals surface area contributed by atoms with Crippen molar-refractivity contribution in [2.24, 2.45) is 0 Å². The first-order chi connectivity index (χ1) is 11.9. The highest BCUT2D eigenvalue weighted by Gasteiger charge is 2.33. The van der Waals surface area contributed by atoms with Crippen molar-refractivity contribution in [3.8, 4) is 11.5 Å². The van der Waals surface area contributed by atoms with E-state index in [2.05, 4.69) is 0 Å². The number of thiocarbonyl (C=S) groups is 1. The molecule has 1 aliphatic rings. The highest BCUT2D eigenvalue weighted by Crippen LogP contribution is 2.39. The van der Waals surface area contributed by atoms with Gasteiger partial charge < -0.3 is 9.84 Å². The van der Waals surface area contributed by atoms with E-state index in [4.69, 9.17) is 28.6 Å². The van der Waals surface area contributed by atoms with Crippen LogP contribution in [0.2, 0.25) is 5.02 Å². The average molecular weight is 392 g/mol. The second-order valence-electron chi connectivity index (χ2n) is 5.35. The van der Waals surface area contributed by atoms with Crippen LogP contribution in [0.1, 0.15) is 11.1 Å². The fraction of sp³-hybridized carbons (Fsp3) is 0.111. The number of halogens is 1. The predicted molar refractivity (Wildman–Crippen MR) is 106 cm³/mol. The van der Waals surface area contributed by atoms with E-state index in [1.807, 2.05) is 13.0 Å². The summed E-state index contributed by atoms with van der Waals surface area (Å²) in [4.78, 5) is 14.6. The minimum Gasteiger partial charge on any atom is -0.504 e. The Hall–Kier alpha value is -2.02. The molecule has 1 saturated heterocycles. The summed E-state index contributed by atoms with van der Waals surface area (Å²) < 4.78 is 5.51. The number of anilines is 1. The van der Waals surface area contributed by atoms with Crippen LogP contribution < -0.4 is 9.64 Å². The van der Waals surface area contributed by atoms with Crippen LogP contribution in [0.3, 0.4) is 0 Å². The number of thioether (sulfide) groups is 1. The molecule has 3 rings (SSSR count). The Kier molecular flexibility index (Phi) is 5.03. The van der Waals surface area contributed by atoms with Crippen LogP contribution in [0.25, 0.3) is 6.08 Å². The maximum atomic E-state index is 12.8. The van der Waals surface area contributed by atoms with Crippen molar-refractivity contribution in [1.82, 2.24) is 0 Å². The molecular formula is C18H14ClNO3S2. The SMILES string of the molecule is COc1cccc(C=C2SC(=S)N(c3ccc(C)c(Cl)c3)C2=O)c1O. The number of hydrogen-bond donors (Lipinski definition) is 1. The standard InChI is InChI=1S/C18H14ClNO3S2/c1-10-6-7-12(9-13(10)19)20-17(22)15(25-18(20)24)8-11-4-3-5-14(23-2)16(11)21/h3-9,21H,1-2H3. The van der Waals surface area contributed by atoms with Crippen LogP contribution >= 0.6 is 35.6 Å². The Bertz CT molecular complexity index is 911. The molecule has 0 spiro atoms. The van der Waals surface area contributed by atoms with Crippen LogP contribution in [0, 0.1) is 6.92 Å². The molecule has 4 nitrogen and oxygen atoms in total. The summed E-state index contributed by atoms with van der Waals surface area (Å²) in [5.41, 5.74) is 2.03. The number of phenols is 1. The molecule has 1 fully saturated rings. The summed E-state index contributed by atoms with van der Waals surface area (Å²) in [7, 11) is 1.47. The van der Waals surface area contributed by atoms with Gasteiger partial charge in [0, 0.05) is 10.6 Å². The number of hydrogen-bond acceptors (Lipinski definition) is 5. The van der Waals surface area contributed by atoms with Crippen molar-refractivity contribution < 1.29 is 14.6 Å². The molecule has 0 radical (unpaired) electrons. The quantitative estimate of drug-likeness (QED) is 0.603. The number of benzene rings is 2. The number of ether oxygens (including phenoxy) is 1. The van der Waals surface area contributed by atoms with Gasteiger partial charge in [-0.25, -0.2) is 0 Å². The molecule has 7 heteroatoms. The number of carbonyl (C=O) groups is 1. The maximum Gasteiger partial charge on any atom is 0.270 e. The van der Waals surface area contributed by atoms with E-state index >= 15 is 0 Å². The van der Waals surface area contributed by atoms with E-state index in [9.17, 15) is 9.90 Å². The fourth-order valence-electron chi connectivity index (χ4n) is 2.37. The molecule has 2 aromatic rings. The molecule has 1 amide bonds. The number of aromatic hydroxyl groups is 1. The summed E-state index contributed by atoms with van der Waals surface area (Å²) in [6.07, 6.45) is 1.60. The molecule has 0 saturated carbocycles. The van der Waals surface area contributed by atoms with E-state index in [1.54, 1.807) is 36.4 Å². The van der Waals surface area contributed by atoms with Gasteiger partial charge in [-0.05, 0) is 36.8 Å². The Morgan fingerprint density at radius 3 is 2.76 bits per heavy atom. The lowest BCUT2D eigenvalue weighted by molar-refractivity contribution is -0.113. The van der Waals surface area contributed by atoms with E-state index in [-0.39, 0.29) is 11.7 Å². The summed E-state index contributed by atoms with van der Waals surface area (Å²) in [5.74, 6) is 0.0698. The van der Waals surface area contributed by atoms with Crippen molar-refractivity contribution >= 4 is 57.6 Å². The Balaban J connectivity index is 1.97. The number of aryl methyl sites for hydroxylation is 1. The van der Waals surface area contributed by atoms with Crippen molar-refractivity contribution in [2.45, 2.75) is 6.92 Å². The smallest absolute Gasteiger partial charge is 0.270 e. The maximum absolute atomic E-state index is 12.8. The molecule has 0 aliphatic carbocycles. The third-order valence-electron chi connectivity index (χ3n) is 3.74. The number of nitrogens with zero attached hydrogens (tertiary/aromatic N) is 1. The van der Waals surface area contributed by atoms with Crippen LogP contribution in [0.15, 0.2) is 41.3 Å². The molecule has 2 aromatic carbocycles. The van der Waals surface area contributed by atoms with Gasteiger partial charge in [-0.2, -0.15) is 0 Å². The van der Waals surface area contributed by atoms with Gasteiger partial charge in [-0.15, -0.1) is 0 Å². The summed E-state index contributed by atoms with van der Waals surface area (Å²) in [6.45, 7) is 1.89. The van der Waals surface area contributed by atoms with E-state index in [1.165, 1.54) is 23.8 Å².